The fourth-order valence-electron chi connectivity index (χ4n) is 2.16. The van der Waals surface area contributed by atoms with Crippen molar-refractivity contribution in [1.29, 1.82) is 0 Å². The highest BCUT2D eigenvalue weighted by atomic mass is 79.9. The van der Waals surface area contributed by atoms with E-state index in [-0.39, 0.29) is 0 Å². The van der Waals surface area contributed by atoms with Gasteiger partial charge >= 0.3 is 0 Å². The third-order valence-electron chi connectivity index (χ3n) is 3.08. The lowest BCUT2D eigenvalue weighted by Gasteiger charge is -2.31. The summed E-state index contributed by atoms with van der Waals surface area (Å²) in [4.78, 5) is 4.25. The average molecular weight is 251 g/mol. The first kappa shape index (κ1) is 8.62. The number of rotatable bonds is 1. The largest absolute Gasteiger partial charge is 0.310 e. The standard InChI is InChI=1S/C11H11BrN2/c12-11-2-1-7(5-14-11)8-3-9-6-13-10(9)4-8/h1-2,4-5,9-10,13H,3,6H2/t9-,10-/m0/s1. The van der Waals surface area contributed by atoms with Gasteiger partial charge in [-0.05, 0) is 45.5 Å². The highest BCUT2D eigenvalue weighted by molar-refractivity contribution is 9.10. The van der Waals surface area contributed by atoms with Gasteiger partial charge in [0.25, 0.3) is 0 Å². The van der Waals surface area contributed by atoms with E-state index in [4.69, 9.17) is 0 Å². The van der Waals surface area contributed by atoms with E-state index in [9.17, 15) is 0 Å². The molecule has 0 aromatic carbocycles. The lowest BCUT2D eigenvalue weighted by Crippen LogP contribution is -2.49. The van der Waals surface area contributed by atoms with Crippen LogP contribution in [0, 0.1) is 5.92 Å². The molecule has 0 amide bonds. The molecule has 2 heterocycles. The Morgan fingerprint density at radius 2 is 2.36 bits per heavy atom. The van der Waals surface area contributed by atoms with E-state index >= 15 is 0 Å². The molecule has 2 atom stereocenters. The van der Waals surface area contributed by atoms with Crippen LogP contribution in [-0.4, -0.2) is 17.6 Å². The van der Waals surface area contributed by atoms with Crippen LogP contribution in [-0.2, 0) is 0 Å². The minimum atomic E-state index is 0.633. The molecule has 0 radical (unpaired) electrons. The fourth-order valence-corrected chi connectivity index (χ4v) is 2.40. The van der Waals surface area contributed by atoms with E-state index in [0.29, 0.717) is 6.04 Å². The molecule has 1 saturated heterocycles. The highest BCUT2D eigenvalue weighted by Crippen LogP contribution is 2.36. The van der Waals surface area contributed by atoms with Gasteiger partial charge in [-0.25, -0.2) is 4.98 Å². The molecule has 72 valence electrons. The Labute approximate surface area is 91.6 Å². The molecule has 1 aromatic heterocycles. The molecule has 0 saturated carbocycles. The van der Waals surface area contributed by atoms with Crippen molar-refractivity contribution in [3.8, 4) is 0 Å². The number of nitrogens with one attached hydrogen (secondary N) is 1. The van der Waals surface area contributed by atoms with E-state index in [2.05, 4.69) is 38.4 Å². The maximum atomic E-state index is 4.25. The smallest absolute Gasteiger partial charge is 0.106 e. The molecule has 0 bridgehead atoms. The summed E-state index contributed by atoms with van der Waals surface area (Å²) in [5, 5.41) is 3.41. The molecule has 1 aliphatic carbocycles. The third-order valence-corrected chi connectivity index (χ3v) is 3.55. The average Bonchev–Trinajstić information content (AvgIpc) is 2.45. The van der Waals surface area contributed by atoms with Crippen molar-refractivity contribution in [2.45, 2.75) is 12.5 Å². The minimum absolute atomic E-state index is 0.633. The van der Waals surface area contributed by atoms with Crippen molar-refractivity contribution < 1.29 is 0 Å². The molecule has 1 fully saturated rings. The summed E-state index contributed by atoms with van der Waals surface area (Å²) in [6.07, 6.45) is 5.50. The van der Waals surface area contributed by atoms with Crippen LogP contribution >= 0.6 is 15.9 Å². The summed E-state index contributed by atoms with van der Waals surface area (Å²) in [5.74, 6) is 0.841. The van der Waals surface area contributed by atoms with Crippen molar-refractivity contribution in [3.63, 3.8) is 0 Å². The maximum Gasteiger partial charge on any atom is 0.106 e. The number of aromatic nitrogens is 1. The second-order valence-corrected chi connectivity index (χ2v) is 4.77. The van der Waals surface area contributed by atoms with Gasteiger partial charge in [0.05, 0.1) is 0 Å². The summed E-state index contributed by atoms with van der Waals surface area (Å²) in [5.41, 5.74) is 2.72. The predicted molar refractivity (Wildman–Crippen MR) is 59.8 cm³/mol. The van der Waals surface area contributed by atoms with Gasteiger partial charge in [0, 0.05) is 18.8 Å². The minimum Gasteiger partial charge on any atom is -0.310 e. The van der Waals surface area contributed by atoms with Gasteiger partial charge in [-0.2, -0.15) is 0 Å². The first-order valence-corrected chi connectivity index (χ1v) is 5.68. The lowest BCUT2D eigenvalue weighted by molar-refractivity contribution is 0.301. The van der Waals surface area contributed by atoms with Crippen LogP contribution < -0.4 is 5.32 Å². The van der Waals surface area contributed by atoms with E-state index in [0.717, 1.165) is 10.5 Å². The first-order chi connectivity index (χ1) is 6.83. The van der Waals surface area contributed by atoms with Gasteiger partial charge in [0.2, 0.25) is 0 Å². The van der Waals surface area contributed by atoms with Crippen molar-refractivity contribution in [2.75, 3.05) is 6.54 Å². The first-order valence-electron chi connectivity index (χ1n) is 4.89. The van der Waals surface area contributed by atoms with E-state index in [1.54, 1.807) is 0 Å². The van der Waals surface area contributed by atoms with Gasteiger partial charge in [-0.1, -0.05) is 12.1 Å². The Morgan fingerprint density at radius 1 is 1.43 bits per heavy atom. The SMILES string of the molecule is Brc1ccc(C2=C[C@@H]3NC[C@@H]3C2)cn1. The Hall–Kier alpha value is -0.670. The van der Waals surface area contributed by atoms with Gasteiger partial charge in [0.15, 0.2) is 0 Å². The molecular weight excluding hydrogens is 240 g/mol. The Balaban J connectivity index is 1.89. The van der Waals surface area contributed by atoms with Crippen molar-refractivity contribution in [2.24, 2.45) is 5.92 Å². The molecule has 1 aromatic rings. The van der Waals surface area contributed by atoms with Crippen LogP contribution in [0.5, 0.6) is 0 Å². The topological polar surface area (TPSA) is 24.9 Å². The summed E-state index contributed by atoms with van der Waals surface area (Å²) in [6.45, 7) is 1.18. The zero-order valence-corrected chi connectivity index (χ0v) is 9.29. The maximum absolute atomic E-state index is 4.25. The van der Waals surface area contributed by atoms with Gasteiger partial charge in [-0.15, -0.1) is 0 Å². The second kappa shape index (κ2) is 3.17. The number of pyridine rings is 1. The Morgan fingerprint density at radius 3 is 2.86 bits per heavy atom. The highest BCUT2D eigenvalue weighted by Gasteiger charge is 2.34. The summed E-state index contributed by atoms with van der Waals surface area (Å²) in [6, 6.07) is 4.77. The number of allylic oxidation sites excluding steroid dienone is 1. The van der Waals surface area contributed by atoms with Crippen LogP contribution in [0.2, 0.25) is 0 Å². The summed E-state index contributed by atoms with van der Waals surface area (Å²) in [7, 11) is 0. The molecular formula is C11H11BrN2. The summed E-state index contributed by atoms with van der Waals surface area (Å²) < 4.78 is 0.904. The molecule has 2 nitrogen and oxygen atoms in total. The Bertz CT molecular complexity index is 383. The molecule has 3 heteroatoms. The quantitative estimate of drug-likeness (QED) is 0.774. The lowest BCUT2D eigenvalue weighted by atomic mass is 9.94. The molecule has 2 aliphatic rings. The second-order valence-electron chi connectivity index (χ2n) is 3.96. The third kappa shape index (κ3) is 1.31. The molecule has 0 spiro atoms. The van der Waals surface area contributed by atoms with Crippen LogP contribution in [0.4, 0.5) is 0 Å². The van der Waals surface area contributed by atoms with E-state index in [1.165, 1.54) is 24.1 Å². The van der Waals surface area contributed by atoms with Gasteiger partial charge in [0.1, 0.15) is 4.60 Å². The number of hydrogen-bond donors (Lipinski definition) is 1. The zero-order valence-electron chi connectivity index (χ0n) is 7.70. The number of halogens is 1. The van der Waals surface area contributed by atoms with Crippen molar-refractivity contribution >= 4 is 21.5 Å². The van der Waals surface area contributed by atoms with E-state index < -0.39 is 0 Å². The molecule has 3 rings (SSSR count). The van der Waals surface area contributed by atoms with Crippen LogP contribution in [0.15, 0.2) is 29.0 Å². The fraction of sp³-hybridized carbons (Fsp3) is 0.364. The van der Waals surface area contributed by atoms with Crippen LogP contribution in [0.25, 0.3) is 5.57 Å². The summed E-state index contributed by atoms with van der Waals surface area (Å²) >= 11 is 3.35. The Kier molecular flexibility index (Phi) is 1.96. The molecule has 0 unspecified atom stereocenters. The number of nitrogens with zero attached hydrogens (tertiary/aromatic N) is 1. The van der Waals surface area contributed by atoms with Crippen LogP contribution in [0.3, 0.4) is 0 Å². The zero-order chi connectivity index (χ0) is 9.54. The number of fused-ring (bicyclic) bond motifs is 1. The normalized spacial score (nSPS) is 29.4. The molecule has 1 N–H and O–H groups in total. The molecule has 14 heavy (non-hydrogen) atoms. The van der Waals surface area contributed by atoms with Crippen molar-refractivity contribution in [3.05, 3.63) is 34.6 Å². The van der Waals surface area contributed by atoms with Crippen LogP contribution in [0.1, 0.15) is 12.0 Å². The van der Waals surface area contributed by atoms with Gasteiger partial charge in [-0.3, -0.25) is 0 Å². The number of hydrogen-bond acceptors (Lipinski definition) is 2. The molecule has 1 aliphatic heterocycles. The monoisotopic (exact) mass is 250 g/mol. The predicted octanol–water partition coefficient (Wildman–Crippen LogP) is 2.22. The van der Waals surface area contributed by atoms with E-state index in [1.807, 2.05) is 12.3 Å². The van der Waals surface area contributed by atoms with Crippen molar-refractivity contribution in [1.82, 2.24) is 10.3 Å². The van der Waals surface area contributed by atoms with Gasteiger partial charge < -0.3 is 5.32 Å².